The number of urea groups is 1. The average molecular weight is 494 g/mol. The molecule has 2 aliphatic heterocycles. The van der Waals surface area contributed by atoms with Crippen LogP contribution in [0.15, 0.2) is 55.0 Å². The normalized spacial score (nSPS) is 18.3. The van der Waals surface area contributed by atoms with Crippen molar-refractivity contribution in [2.45, 2.75) is 32.7 Å². The van der Waals surface area contributed by atoms with E-state index < -0.39 is 0 Å². The molecule has 3 aromatic rings. The molecule has 35 heavy (non-hydrogen) atoms. The quantitative estimate of drug-likeness (QED) is 0.483. The SMILES string of the molecule is CCOc1cc(N2CCN(C(=O)N3CCCC3c3ccc(Cl)cc3)CC2)ccc1-n1cnc(C)c1. The van der Waals surface area contributed by atoms with Crippen molar-refractivity contribution < 1.29 is 9.53 Å². The number of imidazole rings is 1. The number of piperazine rings is 1. The van der Waals surface area contributed by atoms with Gasteiger partial charge in [-0.05, 0) is 56.5 Å². The third-order valence-electron chi connectivity index (χ3n) is 6.90. The fraction of sp³-hybridized carbons (Fsp3) is 0.407. The van der Waals surface area contributed by atoms with Gasteiger partial charge in [-0.1, -0.05) is 23.7 Å². The highest BCUT2D eigenvalue weighted by molar-refractivity contribution is 6.30. The first-order valence-electron chi connectivity index (χ1n) is 12.4. The Morgan fingerprint density at radius 1 is 1.09 bits per heavy atom. The molecule has 1 unspecified atom stereocenters. The molecule has 8 heteroatoms. The second-order valence-electron chi connectivity index (χ2n) is 9.17. The molecule has 2 aromatic carbocycles. The number of anilines is 1. The number of carbonyl (C=O) groups excluding carboxylic acids is 1. The number of aromatic nitrogens is 2. The number of halogens is 1. The first-order valence-corrected chi connectivity index (χ1v) is 12.7. The van der Waals surface area contributed by atoms with Gasteiger partial charge in [-0.15, -0.1) is 0 Å². The van der Waals surface area contributed by atoms with Crippen LogP contribution in [0.1, 0.15) is 37.1 Å². The predicted octanol–water partition coefficient (Wildman–Crippen LogP) is 5.31. The number of nitrogens with zero attached hydrogens (tertiary/aromatic N) is 5. The van der Waals surface area contributed by atoms with Gasteiger partial charge in [0.15, 0.2) is 0 Å². The van der Waals surface area contributed by atoms with Crippen molar-refractivity contribution >= 4 is 23.3 Å². The van der Waals surface area contributed by atoms with Crippen molar-refractivity contribution in [1.29, 1.82) is 0 Å². The van der Waals surface area contributed by atoms with E-state index in [4.69, 9.17) is 16.3 Å². The summed E-state index contributed by atoms with van der Waals surface area (Å²) in [6.07, 6.45) is 5.84. The van der Waals surface area contributed by atoms with Crippen LogP contribution in [0.4, 0.5) is 10.5 Å². The number of benzene rings is 2. The molecular weight excluding hydrogens is 462 g/mol. The molecule has 5 rings (SSSR count). The minimum absolute atomic E-state index is 0.130. The van der Waals surface area contributed by atoms with E-state index in [0.29, 0.717) is 19.7 Å². The van der Waals surface area contributed by atoms with Crippen LogP contribution in [0, 0.1) is 6.92 Å². The maximum atomic E-state index is 13.4. The van der Waals surface area contributed by atoms with Gasteiger partial charge in [0.2, 0.25) is 0 Å². The number of likely N-dealkylation sites (tertiary alicyclic amines) is 1. The van der Waals surface area contributed by atoms with Gasteiger partial charge in [0, 0.05) is 55.7 Å². The van der Waals surface area contributed by atoms with E-state index in [1.54, 1.807) is 0 Å². The Labute approximate surface area is 211 Å². The van der Waals surface area contributed by atoms with Gasteiger partial charge in [-0.3, -0.25) is 0 Å². The Kier molecular flexibility index (Phi) is 6.86. The Hall–Kier alpha value is -3.19. The van der Waals surface area contributed by atoms with Gasteiger partial charge in [-0.25, -0.2) is 9.78 Å². The maximum absolute atomic E-state index is 13.4. The van der Waals surface area contributed by atoms with Crippen LogP contribution in [0.25, 0.3) is 5.69 Å². The van der Waals surface area contributed by atoms with Gasteiger partial charge in [0.05, 0.1) is 30.4 Å². The van der Waals surface area contributed by atoms with E-state index in [0.717, 1.165) is 65.9 Å². The molecule has 7 nitrogen and oxygen atoms in total. The van der Waals surface area contributed by atoms with E-state index >= 15 is 0 Å². The Morgan fingerprint density at radius 3 is 2.54 bits per heavy atom. The second-order valence-corrected chi connectivity index (χ2v) is 9.60. The van der Waals surface area contributed by atoms with Gasteiger partial charge < -0.3 is 24.0 Å². The lowest BCUT2D eigenvalue weighted by molar-refractivity contribution is 0.145. The second kappa shape index (κ2) is 10.2. The first kappa shape index (κ1) is 23.5. The van der Waals surface area contributed by atoms with Crippen LogP contribution in [0.3, 0.4) is 0 Å². The largest absolute Gasteiger partial charge is 0.492 e. The molecule has 2 fully saturated rings. The zero-order valence-electron chi connectivity index (χ0n) is 20.4. The topological polar surface area (TPSA) is 53.8 Å². The van der Waals surface area contributed by atoms with Crippen LogP contribution in [-0.4, -0.2) is 64.7 Å². The summed E-state index contributed by atoms with van der Waals surface area (Å²) < 4.78 is 7.96. The van der Waals surface area contributed by atoms with Crippen LogP contribution < -0.4 is 9.64 Å². The summed E-state index contributed by atoms with van der Waals surface area (Å²) in [5, 5.41) is 0.724. The lowest BCUT2D eigenvalue weighted by Crippen LogP contribution is -2.52. The molecule has 1 atom stereocenters. The van der Waals surface area contributed by atoms with Crippen molar-refractivity contribution in [2.24, 2.45) is 0 Å². The fourth-order valence-corrected chi connectivity index (χ4v) is 5.23. The van der Waals surface area contributed by atoms with E-state index in [1.807, 2.05) is 65.0 Å². The number of hydrogen-bond acceptors (Lipinski definition) is 4. The Morgan fingerprint density at radius 2 is 1.86 bits per heavy atom. The summed E-state index contributed by atoms with van der Waals surface area (Å²) in [5.41, 5.74) is 4.22. The van der Waals surface area contributed by atoms with Crippen molar-refractivity contribution in [3.8, 4) is 11.4 Å². The molecule has 2 aliphatic rings. The van der Waals surface area contributed by atoms with Crippen LogP contribution in [0.5, 0.6) is 5.75 Å². The smallest absolute Gasteiger partial charge is 0.320 e. The van der Waals surface area contributed by atoms with E-state index in [1.165, 1.54) is 0 Å². The number of rotatable bonds is 5. The lowest BCUT2D eigenvalue weighted by Gasteiger charge is -2.39. The third kappa shape index (κ3) is 4.96. The van der Waals surface area contributed by atoms with Crippen LogP contribution in [-0.2, 0) is 0 Å². The highest BCUT2D eigenvalue weighted by Crippen LogP contribution is 2.34. The standard InChI is InChI=1S/C27H32ClN5O2/c1-3-35-26-17-23(10-11-25(26)32-18-20(2)29-19-32)30-13-15-31(16-14-30)27(34)33-12-4-5-24(33)21-6-8-22(28)9-7-21/h6-11,17-19,24H,3-5,12-16H2,1-2H3. The van der Waals surface area contributed by atoms with Crippen LogP contribution >= 0.6 is 11.6 Å². The number of aryl methyl sites for hydroxylation is 1. The van der Waals surface area contributed by atoms with Gasteiger partial charge in [0.25, 0.3) is 0 Å². The van der Waals surface area contributed by atoms with E-state index in [2.05, 4.69) is 28.1 Å². The molecule has 0 radical (unpaired) electrons. The summed E-state index contributed by atoms with van der Waals surface area (Å²) in [4.78, 5) is 24.1. The highest BCUT2D eigenvalue weighted by atomic mass is 35.5. The Bertz CT molecular complexity index is 1170. The number of ether oxygens (including phenoxy) is 1. The molecule has 0 aliphatic carbocycles. The van der Waals surface area contributed by atoms with Gasteiger partial charge in [-0.2, -0.15) is 0 Å². The zero-order valence-corrected chi connectivity index (χ0v) is 21.1. The van der Waals surface area contributed by atoms with E-state index in [9.17, 15) is 4.79 Å². The monoisotopic (exact) mass is 493 g/mol. The average Bonchev–Trinajstić information content (AvgIpc) is 3.54. The molecule has 0 bridgehead atoms. The molecule has 3 heterocycles. The number of carbonyl (C=O) groups is 1. The summed E-state index contributed by atoms with van der Waals surface area (Å²) in [6.45, 7) is 8.36. The minimum atomic E-state index is 0.130. The van der Waals surface area contributed by atoms with Crippen molar-refractivity contribution in [1.82, 2.24) is 19.4 Å². The Balaban J connectivity index is 1.25. The van der Waals surface area contributed by atoms with Crippen molar-refractivity contribution in [3.63, 3.8) is 0 Å². The third-order valence-corrected chi connectivity index (χ3v) is 7.15. The summed E-state index contributed by atoms with van der Waals surface area (Å²) in [7, 11) is 0. The van der Waals surface area contributed by atoms with Gasteiger partial charge in [0.1, 0.15) is 5.75 Å². The molecule has 2 saturated heterocycles. The molecule has 2 amide bonds. The highest BCUT2D eigenvalue weighted by Gasteiger charge is 2.34. The first-order chi connectivity index (χ1) is 17.0. The fourth-order valence-electron chi connectivity index (χ4n) is 5.10. The van der Waals surface area contributed by atoms with Crippen molar-refractivity contribution in [2.75, 3.05) is 44.2 Å². The molecule has 184 valence electrons. The molecule has 1 aromatic heterocycles. The zero-order chi connectivity index (χ0) is 24.4. The molecule has 0 N–H and O–H groups in total. The summed E-state index contributed by atoms with van der Waals surface area (Å²) >= 11 is 6.07. The van der Waals surface area contributed by atoms with Crippen molar-refractivity contribution in [3.05, 3.63) is 71.3 Å². The maximum Gasteiger partial charge on any atom is 0.320 e. The van der Waals surface area contributed by atoms with Gasteiger partial charge >= 0.3 is 6.03 Å². The lowest BCUT2D eigenvalue weighted by atomic mass is 10.0. The minimum Gasteiger partial charge on any atom is -0.492 e. The number of amides is 2. The molecule has 0 spiro atoms. The summed E-state index contributed by atoms with van der Waals surface area (Å²) in [6, 6.07) is 14.5. The molecule has 0 saturated carbocycles. The molecular formula is C27H32ClN5O2. The predicted molar refractivity (Wildman–Crippen MR) is 139 cm³/mol. The van der Waals surface area contributed by atoms with E-state index in [-0.39, 0.29) is 12.1 Å². The van der Waals surface area contributed by atoms with Crippen LogP contribution in [0.2, 0.25) is 5.02 Å². The number of hydrogen-bond donors (Lipinski definition) is 0. The summed E-state index contributed by atoms with van der Waals surface area (Å²) in [5.74, 6) is 0.837.